The van der Waals surface area contributed by atoms with Gasteiger partial charge < -0.3 is 0 Å². The first kappa shape index (κ1) is 13.8. The lowest BCUT2D eigenvalue weighted by molar-refractivity contribution is 0.103. The van der Waals surface area contributed by atoms with E-state index in [0.29, 0.717) is 11.1 Å². The normalized spacial score (nSPS) is 9.50. The second-order valence-corrected chi connectivity index (χ2v) is 4.54. The molecule has 0 amide bonds. The van der Waals surface area contributed by atoms with Crippen LogP contribution in [0, 0.1) is 25.7 Å². The van der Waals surface area contributed by atoms with Gasteiger partial charge in [-0.25, -0.2) is 0 Å². The van der Waals surface area contributed by atoms with Crippen LogP contribution in [0.25, 0.3) is 0 Å². The van der Waals surface area contributed by atoms with Crippen molar-refractivity contribution in [3.63, 3.8) is 0 Å². The molecule has 0 aliphatic heterocycles. The summed E-state index contributed by atoms with van der Waals surface area (Å²) in [5, 5.41) is 0. The monoisotopic (exact) mass is 262 g/mol. The maximum atomic E-state index is 12.0. The van der Waals surface area contributed by atoms with Gasteiger partial charge in [0.15, 0.2) is 0 Å². The lowest BCUT2D eigenvalue weighted by atomic mass is 10.0. The Morgan fingerprint density at radius 3 is 1.40 bits per heavy atom. The van der Waals surface area contributed by atoms with Crippen molar-refractivity contribution < 1.29 is 9.59 Å². The molecule has 0 N–H and O–H groups in total. The van der Waals surface area contributed by atoms with E-state index in [9.17, 15) is 9.59 Å². The van der Waals surface area contributed by atoms with Gasteiger partial charge in [0, 0.05) is 11.1 Å². The van der Waals surface area contributed by atoms with E-state index in [1.165, 1.54) is 0 Å². The van der Waals surface area contributed by atoms with Crippen LogP contribution >= 0.6 is 0 Å². The van der Waals surface area contributed by atoms with Crippen molar-refractivity contribution in [2.24, 2.45) is 0 Å². The molecule has 2 aromatic carbocycles. The number of rotatable bonds is 2. The summed E-state index contributed by atoms with van der Waals surface area (Å²) < 4.78 is 0. The highest BCUT2D eigenvalue weighted by Crippen LogP contribution is 2.09. The van der Waals surface area contributed by atoms with Crippen molar-refractivity contribution in [1.82, 2.24) is 0 Å². The smallest absolute Gasteiger partial charge is 0.236 e. The molecular weight excluding hydrogens is 248 g/mol. The number of hydrogen-bond donors (Lipinski definition) is 0. The van der Waals surface area contributed by atoms with Gasteiger partial charge in [-0.05, 0) is 36.8 Å². The van der Waals surface area contributed by atoms with Gasteiger partial charge in [0.25, 0.3) is 0 Å². The molecule has 2 aromatic rings. The second kappa shape index (κ2) is 5.99. The lowest BCUT2D eigenvalue weighted by Gasteiger charge is -1.99. The summed E-state index contributed by atoms with van der Waals surface area (Å²) in [5.74, 6) is 4.20. The van der Waals surface area contributed by atoms with E-state index >= 15 is 0 Å². The molecular formula is C18H14O2. The van der Waals surface area contributed by atoms with Crippen molar-refractivity contribution in [2.45, 2.75) is 13.8 Å². The van der Waals surface area contributed by atoms with Crippen LogP contribution in [-0.4, -0.2) is 11.6 Å². The highest BCUT2D eigenvalue weighted by Gasteiger charge is 2.07. The largest absolute Gasteiger partial charge is 0.279 e. The van der Waals surface area contributed by atoms with Gasteiger partial charge in [0.2, 0.25) is 11.6 Å². The molecule has 2 rings (SSSR count). The first-order valence-corrected chi connectivity index (χ1v) is 6.31. The minimum atomic E-state index is -0.329. The molecule has 2 nitrogen and oxygen atoms in total. The first-order chi connectivity index (χ1) is 9.59. The van der Waals surface area contributed by atoms with E-state index in [2.05, 4.69) is 11.8 Å². The molecule has 0 spiro atoms. The van der Waals surface area contributed by atoms with Crippen LogP contribution < -0.4 is 0 Å². The zero-order valence-electron chi connectivity index (χ0n) is 11.4. The molecule has 0 unspecified atom stereocenters. The van der Waals surface area contributed by atoms with E-state index in [4.69, 9.17) is 0 Å². The molecule has 0 aromatic heterocycles. The fraction of sp³-hybridized carbons (Fsp3) is 0.111. The minimum Gasteiger partial charge on any atom is -0.279 e. The molecule has 2 heteroatoms. The number of aryl methyl sites for hydroxylation is 2. The average molecular weight is 262 g/mol. The summed E-state index contributed by atoms with van der Waals surface area (Å²) in [6.07, 6.45) is 0. The molecule has 20 heavy (non-hydrogen) atoms. The number of ketones is 2. The third kappa shape index (κ3) is 3.02. The van der Waals surface area contributed by atoms with Gasteiger partial charge in [-0.2, -0.15) is 0 Å². The summed E-state index contributed by atoms with van der Waals surface area (Å²) in [6.45, 7) is 3.69. The van der Waals surface area contributed by atoms with Gasteiger partial charge >= 0.3 is 0 Å². The van der Waals surface area contributed by atoms with E-state index in [-0.39, 0.29) is 11.6 Å². The molecule has 0 saturated heterocycles. The minimum absolute atomic E-state index is 0.329. The molecule has 0 aliphatic rings. The fourth-order valence-corrected chi connectivity index (χ4v) is 1.90. The van der Waals surface area contributed by atoms with Crippen LogP contribution in [0.4, 0.5) is 0 Å². The Kier molecular flexibility index (Phi) is 4.12. The molecule has 0 bridgehead atoms. The van der Waals surface area contributed by atoms with Crippen LogP contribution in [0.1, 0.15) is 31.8 Å². The highest BCUT2D eigenvalue weighted by molar-refractivity contribution is 6.17. The first-order valence-electron chi connectivity index (χ1n) is 6.31. The summed E-state index contributed by atoms with van der Waals surface area (Å²) >= 11 is 0. The Morgan fingerprint density at radius 1 is 0.700 bits per heavy atom. The Hall–Kier alpha value is -2.66. The van der Waals surface area contributed by atoms with Crippen LogP contribution in [0.15, 0.2) is 48.5 Å². The number of carbonyl (C=O) groups is 2. The van der Waals surface area contributed by atoms with Gasteiger partial charge in [0.05, 0.1) is 0 Å². The van der Waals surface area contributed by atoms with Crippen molar-refractivity contribution in [2.75, 3.05) is 0 Å². The quantitative estimate of drug-likeness (QED) is 0.472. The van der Waals surface area contributed by atoms with E-state index in [0.717, 1.165) is 11.1 Å². The van der Waals surface area contributed by atoms with E-state index < -0.39 is 0 Å². The molecule has 0 fully saturated rings. The Morgan fingerprint density at radius 2 is 1.05 bits per heavy atom. The summed E-state index contributed by atoms with van der Waals surface area (Å²) in [4.78, 5) is 23.9. The van der Waals surface area contributed by atoms with Crippen LogP contribution in [0.3, 0.4) is 0 Å². The van der Waals surface area contributed by atoms with Crippen molar-refractivity contribution >= 4 is 11.6 Å². The SMILES string of the molecule is Cc1ccccc1C(=O)C#CC(=O)c1ccccc1C. The molecule has 0 radical (unpaired) electrons. The highest BCUT2D eigenvalue weighted by atomic mass is 16.1. The predicted molar refractivity (Wildman–Crippen MR) is 78.8 cm³/mol. The topological polar surface area (TPSA) is 34.1 Å². The maximum Gasteiger partial charge on any atom is 0.236 e. The lowest BCUT2D eigenvalue weighted by Crippen LogP contribution is -2.01. The van der Waals surface area contributed by atoms with Crippen molar-refractivity contribution in [3.05, 3.63) is 70.8 Å². The number of Topliss-reactive ketones (excluding diaryl/α,β-unsaturated/α-hetero) is 2. The molecule has 98 valence electrons. The maximum absolute atomic E-state index is 12.0. The fourth-order valence-electron chi connectivity index (χ4n) is 1.90. The van der Waals surface area contributed by atoms with Crippen LogP contribution in [0.2, 0.25) is 0 Å². The molecule has 0 saturated carbocycles. The number of carbonyl (C=O) groups excluding carboxylic acids is 2. The third-order valence-electron chi connectivity index (χ3n) is 3.07. The van der Waals surface area contributed by atoms with Gasteiger partial charge in [-0.1, -0.05) is 48.5 Å². The Bertz CT molecular complexity index is 669. The third-order valence-corrected chi connectivity index (χ3v) is 3.07. The summed E-state index contributed by atoms with van der Waals surface area (Å²) in [5.41, 5.74) is 2.79. The average Bonchev–Trinajstić information content (AvgIpc) is 2.45. The van der Waals surface area contributed by atoms with Gasteiger partial charge in [0.1, 0.15) is 0 Å². The molecule has 0 heterocycles. The van der Waals surface area contributed by atoms with Gasteiger partial charge in [-0.3, -0.25) is 9.59 Å². The zero-order valence-corrected chi connectivity index (χ0v) is 11.4. The van der Waals surface area contributed by atoms with Crippen molar-refractivity contribution in [1.29, 1.82) is 0 Å². The molecule has 0 aliphatic carbocycles. The van der Waals surface area contributed by atoms with E-state index in [1.807, 2.05) is 38.1 Å². The van der Waals surface area contributed by atoms with Crippen LogP contribution in [0.5, 0.6) is 0 Å². The standard InChI is InChI=1S/C18H14O2/c1-13-7-3-5-9-15(13)17(19)11-12-18(20)16-10-6-4-8-14(16)2/h3-10H,1-2H3. The van der Waals surface area contributed by atoms with Gasteiger partial charge in [-0.15, -0.1) is 0 Å². The molecule has 0 atom stereocenters. The Balaban J connectivity index is 2.24. The Labute approximate surface area is 118 Å². The summed E-state index contributed by atoms with van der Waals surface area (Å²) in [7, 11) is 0. The number of hydrogen-bond acceptors (Lipinski definition) is 2. The van der Waals surface area contributed by atoms with E-state index in [1.54, 1.807) is 24.3 Å². The predicted octanol–water partition coefficient (Wildman–Crippen LogP) is 3.37. The zero-order chi connectivity index (χ0) is 14.5. The summed E-state index contributed by atoms with van der Waals surface area (Å²) in [6, 6.07) is 14.4. The van der Waals surface area contributed by atoms with Crippen LogP contribution in [-0.2, 0) is 0 Å². The number of benzene rings is 2. The van der Waals surface area contributed by atoms with Crippen molar-refractivity contribution in [3.8, 4) is 11.8 Å². The second-order valence-electron chi connectivity index (χ2n) is 4.54.